The van der Waals surface area contributed by atoms with E-state index in [9.17, 15) is 19.5 Å². The number of anilines is 1. The minimum Gasteiger partial charge on any atom is -0.550 e. The zero-order valence-corrected chi connectivity index (χ0v) is 25.9. The van der Waals surface area contributed by atoms with Gasteiger partial charge in [-0.15, -0.1) is 0 Å². The van der Waals surface area contributed by atoms with Crippen molar-refractivity contribution in [1.29, 1.82) is 0 Å². The number of nitrogens with one attached hydrogen (secondary N) is 1. The second kappa shape index (κ2) is 12.9. The van der Waals surface area contributed by atoms with Crippen LogP contribution in [-0.2, 0) is 9.59 Å². The van der Waals surface area contributed by atoms with Crippen molar-refractivity contribution in [3.63, 3.8) is 0 Å². The van der Waals surface area contributed by atoms with Crippen molar-refractivity contribution in [2.75, 3.05) is 18.4 Å². The van der Waals surface area contributed by atoms with Crippen LogP contribution in [0.3, 0.4) is 0 Å². The van der Waals surface area contributed by atoms with E-state index < -0.39 is 11.9 Å². The normalized spacial score (nSPS) is 16.9. The van der Waals surface area contributed by atoms with Gasteiger partial charge in [0.15, 0.2) is 0 Å². The van der Waals surface area contributed by atoms with Gasteiger partial charge in [0.05, 0.1) is 11.3 Å². The van der Waals surface area contributed by atoms with Gasteiger partial charge in [0, 0.05) is 25.5 Å². The summed E-state index contributed by atoms with van der Waals surface area (Å²) < 4.78 is 0. The molecule has 40 heavy (non-hydrogen) atoms. The molecule has 0 unspecified atom stereocenters. The van der Waals surface area contributed by atoms with Crippen LogP contribution in [-0.4, -0.2) is 35.8 Å². The number of aryl methyl sites for hydroxylation is 2. The van der Waals surface area contributed by atoms with Crippen LogP contribution in [0, 0.1) is 19.3 Å². The average Bonchev–Trinajstić information content (AvgIpc) is 3.37. The van der Waals surface area contributed by atoms with Crippen LogP contribution < -0.4 is 40.0 Å². The number of carbonyl (C=O) groups excluding carboxylic acids is 3. The molecule has 1 N–H and O–H groups in total. The van der Waals surface area contributed by atoms with Crippen molar-refractivity contribution in [3.05, 3.63) is 76.9 Å². The summed E-state index contributed by atoms with van der Waals surface area (Å²) in [7, 11) is 0. The minimum atomic E-state index is -1.20. The molecule has 0 aromatic heterocycles. The molecular weight excluding hydrogens is 511 g/mol. The first-order valence-corrected chi connectivity index (χ1v) is 14.1. The minimum absolute atomic E-state index is 0. The van der Waals surface area contributed by atoms with Gasteiger partial charge in [0.25, 0.3) is 5.91 Å². The zero-order valence-electron chi connectivity index (χ0n) is 23.9. The van der Waals surface area contributed by atoms with Gasteiger partial charge in [-0.05, 0) is 90.8 Å². The Morgan fingerprint density at radius 2 is 1.60 bits per heavy atom. The number of fused-ring (bicyclic) bond motifs is 1. The molecule has 3 aromatic carbocycles. The van der Waals surface area contributed by atoms with E-state index in [2.05, 4.69) is 5.32 Å². The van der Waals surface area contributed by atoms with Crippen LogP contribution in [0.5, 0.6) is 0 Å². The van der Waals surface area contributed by atoms with Crippen molar-refractivity contribution in [2.45, 2.75) is 71.1 Å². The zero-order chi connectivity index (χ0) is 27.6. The van der Waals surface area contributed by atoms with E-state index in [0.717, 1.165) is 53.4 Å². The fourth-order valence-electron chi connectivity index (χ4n) is 6.80. The number of hydrogen-bond donors (Lipinski definition) is 1. The van der Waals surface area contributed by atoms with E-state index >= 15 is 0 Å². The summed E-state index contributed by atoms with van der Waals surface area (Å²) in [5, 5.41) is 16.6. The molecule has 3 aromatic rings. The smallest absolute Gasteiger partial charge is 0.550 e. The van der Waals surface area contributed by atoms with Crippen LogP contribution in [0.4, 0.5) is 5.69 Å². The monoisotopic (exact) mass is 548 g/mol. The SMILES string of the molecule is Cc1cc(C)c(NC(=O)C[C@@H](CC(=O)[O-])c2cccc3ccccc23)c(C(=O)N2CCC3(CCCC3)CC2)c1.[Na+]. The second-order valence-corrected chi connectivity index (χ2v) is 11.6. The van der Waals surface area contributed by atoms with Crippen molar-refractivity contribution in [1.82, 2.24) is 4.90 Å². The van der Waals surface area contributed by atoms with Gasteiger partial charge in [0.1, 0.15) is 0 Å². The first kappa shape index (κ1) is 30.3. The Hall–Kier alpha value is -2.67. The van der Waals surface area contributed by atoms with Crippen molar-refractivity contribution >= 4 is 34.2 Å². The van der Waals surface area contributed by atoms with E-state index in [1.165, 1.54) is 25.7 Å². The number of carboxylic acid groups (broad SMARTS) is 1. The molecule has 1 saturated carbocycles. The number of carbonyl (C=O) groups is 3. The van der Waals surface area contributed by atoms with E-state index in [-0.39, 0.29) is 54.2 Å². The number of nitrogens with zero attached hydrogens (tertiary/aromatic N) is 1. The summed E-state index contributed by atoms with van der Waals surface area (Å²) in [5.74, 6) is -2.13. The van der Waals surface area contributed by atoms with Crippen LogP contribution >= 0.6 is 0 Å². The fraction of sp³-hybridized carbons (Fsp3) is 0.424. The van der Waals surface area contributed by atoms with Gasteiger partial charge >= 0.3 is 29.6 Å². The summed E-state index contributed by atoms with van der Waals surface area (Å²) in [4.78, 5) is 40.8. The predicted molar refractivity (Wildman–Crippen MR) is 152 cm³/mol. The largest absolute Gasteiger partial charge is 1.00 e. The molecule has 5 rings (SSSR count). The van der Waals surface area contributed by atoms with Crippen LogP contribution in [0.25, 0.3) is 10.8 Å². The molecule has 2 aliphatic rings. The first-order valence-electron chi connectivity index (χ1n) is 14.1. The average molecular weight is 549 g/mol. The second-order valence-electron chi connectivity index (χ2n) is 11.6. The number of carboxylic acids is 1. The molecule has 2 fully saturated rings. The quantitative estimate of drug-likeness (QED) is 0.460. The first-order chi connectivity index (χ1) is 18.7. The van der Waals surface area contributed by atoms with E-state index in [1.54, 1.807) is 0 Å². The molecule has 1 atom stereocenters. The van der Waals surface area contributed by atoms with Gasteiger partial charge in [0.2, 0.25) is 5.91 Å². The van der Waals surface area contributed by atoms with Crippen LogP contribution in [0.2, 0.25) is 0 Å². The number of amides is 2. The number of hydrogen-bond acceptors (Lipinski definition) is 4. The Morgan fingerprint density at radius 3 is 2.30 bits per heavy atom. The standard InChI is InChI=1S/C33H38N2O4.Na/c1-22-18-23(2)31(28(19-22)32(39)35-16-14-33(15-17-35)12-5-6-13-33)34-29(36)20-25(21-30(37)38)27-11-7-9-24-8-3-4-10-26(24)27;/h3-4,7-11,18-19,25H,5-6,12-17,20-21H2,1-2H3,(H,34,36)(H,37,38);/q;+1/p-1/t25-;/m0./s1. The number of likely N-dealkylation sites (tertiary alicyclic amines) is 1. The summed E-state index contributed by atoms with van der Waals surface area (Å²) in [6.45, 7) is 5.34. The van der Waals surface area contributed by atoms with Gasteiger partial charge in [-0.1, -0.05) is 61.4 Å². The Labute approximate surface area is 258 Å². The maximum Gasteiger partial charge on any atom is 1.00 e. The molecule has 1 heterocycles. The van der Waals surface area contributed by atoms with Crippen molar-refractivity contribution in [2.24, 2.45) is 5.41 Å². The Balaban J connectivity index is 0.00000370. The third-order valence-electron chi connectivity index (χ3n) is 8.86. The molecule has 204 valence electrons. The topological polar surface area (TPSA) is 89.5 Å². The third-order valence-corrected chi connectivity index (χ3v) is 8.86. The summed E-state index contributed by atoms with van der Waals surface area (Å²) in [6, 6.07) is 17.3. The maximum absolute atomic E-state index is 13.7. The van der Waals surface area contributed by atoms with Gasteiger partial charge in [-0.25, -0.2) is 0 Å². The number of piperidine rings is 1. The Morgan fingerprint density at radius 1 is 0.925 bits per heavy atom. The van der Waals surface area contributed by atoms with Crippen LogP contribution in [0.15, 0.2) is 54.6 Å². The van der Waals surface area contributed by atoms with Crippen molar-refractivity contribution in [3.8, 4) is 0 Å². The molecule has 1 spiro atoms. The molecule has 7 heteroatoms. The summed E-state index contributed by atoms with van der Waals surface area (Å²) >= 11 is 0. The molecule has 1 aliphatic heterocycles. The third kappa shape index (κ3) is 6.62. The molecule has 6 nitrogen and oxygen atoms in total. The van der Waals surface area contributed by atoms with Gasteiger partial charge < -0.3 is 20.1 Å². The number of rotatable bonds is 7. The summed E-state index contributed by atoms with van der Waals surface area (Å²) in [6.07, 6.45) is 6.90. The molecular formula is C33H37N2NaO4. The Kier molecular flexibility index (Phi) is 9.76. The molecule has 0 radical (unpaired) electrons. The Bertz CT molecular complexity index is 1400. The van der Waals surface area contributed by atoms with E-state index in [0.29, 0.717) is 16.7 Å². The van der Waals surface area contributed by atoms with Gasteiger partial charge in [-0.2, -0.15) is 0 Å². The predicted octanol–water partition coefficient (Wildman–Crippen LogP) is 2.51. The fourth-order valence-corrected chi connectivity index (χ4v) is 6.80. The van der Waals surface area contributed by atoms with Crippen LogP contribution in [0.1, 0.15) is 84.3 Å². The maximum atomic E-state index is 13.7. The number of aliphatic carboxylic acids is 1. The molecule has 1 saturated heterocycles. The van der Waals surface area contributed by atoms with Crippen molar-refractivity contribution < 1.29 is 49.0 Å². The molecule has 2 amide bonds. The number of benzene rings is 3. The van der Waals surface area contributed by atoms with Gasteiger partial charge in [-0.3, -0.25) is 9.59 Å². The van der Waals surface area contributed by atoms with E-state index in [1.807, 2.05) is 73.3 Å². The van der Waals surface area contributed by atoms with E-state index in [4.69, 9.17) is 0 Å². The molecule has 1 aliphatic carbocycles. The molecule has 0 bridgehead atoms. The summed E-state index contributed by atoms with van der Waals surface area (Å²) in [5.41, 5.74) is 4.01.